The lowest BCUT2D eigenvalue weighted by Crippen LogP contribution is -2.48. The van der Waals surface area contributed by atoms with Crippen molar-refractivity contribution in [2.45, 2.75) is 101 Å². The van der Waals surface area contributed by atoms with Crippen molar-refractivity contribution in [3.63, 3.8) is 0 Å². The molecule has 0 aliphatic heterocycles. The molecule has 6 aromatic rings. The summed E-state index contributed by atoms with van der Waals surface area (Å²) < 4.78 is 0. The van der Waals surface area contributed by atoms with Crippen LogP contribution in [0, 0.1) is 17.8 Å². The second-order valence-electron chi connectivity index (χ2n) is 18.7. The molecule has 0 amide bonds. The molecule has 1 nitrogen and oxygen atoms in total. The van der Waals surface area contributed by atoms with Crippen LogP contribution in [0.1, 0.15) is 113 Å². The van der Waals surface area contributed by atoms with Gasteiger partial charge in [-0.2, -0.15) is 0 Å². The minimum Gasteiger partial charge on any atom is -0.310 e. The molecule has 12 rings (SSSR count). The minimum absolute atomic E-state index is 0.0958. The Bertz CT molecular complexity index is 2340. The summed E-state index contributed by atoms with van der Waals surface area (Å²) in [7, 11) is 0. The average molecular weight is 704 g/mol. The van der Waals surface area contributed by atoms with Gasteiger partial charge < -0.3 is 4.90 Å². The van der Waals surface area contributed by atoms with Crippen LogP contribution in [0.3, 0.4) is 0 Å². The third-order valence-corrected chi connectivity index (χ3v) is 15.0. The predicted molar refractivity (Wildman–Crippen MR) is 227 cm³/mol. The van der Waals surface area contributed by atoms with Gasteiger partial charge in [-0.05, 0) is 173 Å². The number of hydrogen-bond acceptors (Lipinski definition) is 1. The Morgan fingerprint density at radius 2 is 1.15 bits per heavy atom. The maximum atomic E-state index is 2.60. The number of hydrogen-bond donors (Lipinski definition) is 0. The van der Waals surface area contributed by atoms with Crippen LogP contribution < -0.4 is 4.90 Å². The number of rotatable bonds is 6. The fourth-order valence-electron chi connectivity index (χ4n) is 12.7. The summed E-state index contributed by atoms with van der Waals surface area (Å²) in [5.74, 6) is 3.52. The molecule has 4 bridgehead atoms. The first-order chi connectivity index (χ1) is 26.4. The van der Waals surface area contributed by atoms with Crippen molar-refractivity contribution in [1.29, 1.82) is 0 Å². The maximum Gasteiger partial charge on any atom is 0.0543 e. The first-order valence-corrected chi connectivity index (χ1v) is 21.2. The Hall–Kier alpha value is -4.62. The minimum atomic E-state index is -0.0958. The Balaban J connectivity index is 1.10. The van der Waals surface area contributed by atoms with Gasteiger partial charge in [0.2, 0.25) is 0 Å². The lowest BCUT2D eigenvalue weighted by atomic mass is 9.48. The SMILES string of the molecule is CC1(C)c2ccccc2-c2cc(-c3ccc4ccccc4c3)c(N(c3ccc(C4CCCCC4)cc3)c3ccc(C45CC6CC(CC(C6)C4)C5)cc3)cc21. The lowest BCUT2D eigenvalue weighted by Gasteiger charge is -2.57. The van der Waals surface area contributed by atoms with Crippen LogP contribution in [0.4, 0.5) is 17.1 Å². The molecule has 0 spiro atoms. The van der Waals surface area contributed by atoms with E-state index in [1.165, 1.54) is 137 Å². The molecular weight excluding hydrogens is 651 g/mol. The van der Waals surface area contributed by atoms with E-state index in [-0.39, 0.29) is 5.41 Å². The van der Waals surface area contributed by atoms with Crippen LogP contribution in [-0.2, 0) is 10.8 Å². The molecular formula is C53H53N. The van der Waals surface area contributed by atoms with E-state index in [0.717, 1.165) is 17.8 Å². The Kier molecular flexibility index (Phi) is 7.56. The van der Waals surface area contributed by atoms with Crippen molar-refractivity contribution >= 4 is 27.8 Å². The molecule has 0 saturated heterocycles. The lowest BCUT2D eigenvalue weighted by molar-refractivity contribution is -0.00518. The summed E-state index contributed by atoms with van der Waals surface area (Å²) >= 11 is 0. The van der Waals surface area contributed by atoms with Crippen molar-refractivity contribution < 1.29 is 0 Å². The van der Waals surface area contributed by atoms with E-state index in [9.17, 15) is 0 Å². The standard InChI is InChI=1S/C53H53N/c1-52(2)49-15-9-8-14-46(49)48-30-47(42-17-16-39-12-6-7-13-41(39)29-42)51(31-50(48)52)54(44-22-18-40(19-23-44)38-10-4-3-5-11-38)45-24-20-43(21-25-45)53-32-35-26-36(33-53)28-37(27-35)34-53/h6-9,12-25,29-31,35-38H,3-5,10-11,26-28,32-34H2,1-2H3. The smallest absolute Gasteiger partial charge is 0.0543 e. The van der Waals surface area contributed by atoms with Gasteiger partial charge in [-0.1, -0.05) is 118 Å². The van der Waals surface area contributed by atoms with E-state index in [4.69, 9.17) is 0 Å². The molecule has 6 aliphatic carbocycles. The van der Waals surface area contributed by atoms with Gasteiger partial charge in [0.1, 0.15) is 0 Å². The third-order valence-electron chi connectivity index (χ3n) is 15.0. The highest BCUT2D eigenvalue weighted by molar-refractivity contribution is 5.97. The zero-order valence-corrected chi connectivity index (χ0v) is 32.2. The molecule has 0 atom stereocenters. The second kappa shape index (κ2) is 12.5. The first kappa shape index (κ1) is 32.8. The summed E-state index contributed by atoms with van der Waals surface area (Å²) in [6.07, 6.45) is 15.4. The monoisotopic (exact) mass is 703 g/mol. The van der Waals surface area contributed by atoms with Gasteiger partial charge in [0, 0.05) is 22.4 Å². The van der Waals surface area contributed by atoms with Gasteiger partial charge in [-0.3, -0.25) is 0 Å². The molecule has 0 heterocycles. The molecule has 6 aromatic carbocycles. The normalized spacial score (nSPS) is 25.1. The van der Waals surface area contributed by atoms with Crippen molar-refractivity contribution in [3.8, 4) is 22.3 Å². The van der Waals surface area contributed by atoms with Crippen LogP contribution in [0.15, 0.2) is 127 Å². The largest absolute Gasteiger partial charge is 0.310 e. The highest BCUT2D eigenvalue weighted by Crippen LogP contribution is 2.61. The van der Waals surface area contributed by atoms with Gasteiger partial charge in [0.05, 0.1) is 5.69 Å². The number of anilines is 3. The second-order valence-corrected chi connectivity index (χ2v) is 18.7. The van der Waals surface area contributed by atoms with E-state index in [0.29, 0.717) is 11.3 Å². The fraction of sp³-hybridized carbons (Fsp3) is 0.358. The molecule has 1 heteroatoms. The molecule has 5 fully saturated rings. The zero-order chi connectivity index (χ0) is 36.0. The van der Waals surface area contributed by atoms with Gasteiger partial charge in [0.25, 0.3) is 0 Å². The molecule has 54 heavy (non-hydrogen) atoms. The molecule has 6 aliphatic rings. The topological polar surface area (TPSA) is 3.24 Å². The molecule has 0 N–H and O–H groups in total. The summed E-state index contributed by atoms with van der Waals surface area (Å²) in [6.45, 7) is 4.83. The van der Waals surface area contributed by atoms with Crippen molar-refractivity contribution in [1.82, 2.24) is 0 Å². The van der Waals surface area contributed by atoms with E-state index in [1.54, 1.807) is 5.56 Å². The summed E-state index contributed by atoms with van der Waals surface area (Å²) in [6, 6.07) is 49.8. The van der Waals surface area contributed by atoms with E-state index < -0.39 is 0 Å². The number of nitrogens with zero attached hydrogens (tertiary/aromatic N) is 1. The maximum absolute atomic E-state index is 2.60. The van der Waals surface area contributed by atoms with Crippen molar-refractivity contribution in [2.24, 2.45) is 17.8 Å². The summed E-state index contributed by atoms with van der Waals surface area (Å²) in [5, 5.41) is 2.57. The first-order valence-electron chi connectivity index (χ1n) is 21.2. The van der Waals surface area contributed by atoms with Crippen LogP contribution >= 0.6 is 0 Å². The van der Waals surface area contributed by atoms with E-state index in [2.05, 4.69) is 146 Å². The van der Waals surface area contributed by atoms with Gasteiger partial charge in [-0.15, -0.1) is 0 Å². The molecule has 270 valence electrons. The van der Waals surface area contributed by atoms with Gasteiger partial charge in [0.15, 0.2) is 0 Å². The number of fused-ring (bicyclic) bond motifs is 4. The molecule has 0 aromatic heterocycles. The highest BCUT2D eigenvalue weighted by atomic mass is 15.1. The Morgan fingerprint density at radius 3 is 1.85 bits per heavy atom. The van der Waals surface area contributed by atoms with Crippen LogP contribution in [0.25, 0.3) is 33.0 Å². The molecule has 0 unspecified atom stereocenters. The molecule has 5 saturated carbocycles. The Labute approximate surface area is 322 Å². The fourth-order valence-corrected chi connectivity index (χ4v) is 12.7. The van der Waals surface area contributed by atoms with Gasteiger partial charge in [-0.25, -0.2) is 0 Å². The Morgan fingerprint density at radius 1 is 0.519 bits per heavy atom. The predicted octanol–water partition coefficient (Wildman–Crippen LogP) is 14.8. The van der Waals surface area contributed by atoms with Crippen LogP contribution in [0.5, 0.6) is 0 Å². The van der Waals surface area contributed by atoms with E-state index in [1.807, 2.05) is 0 Å². The molecule has 0 radical (unpaired) electrons. The third kappa shape index (κ3) is 5.25. The van der Waals surface area contributed by atoms with Gasteiger partial charge >= 0.3 is 0 Å². The van der Waals surface area contributed by atoms with Crippen LogP contribution in [-0.4, -0.2) is 0 Å². The average Bonchev–Trinajstić information content (AvgIpc) is 3.43. The zero-order valence-electron chi connectivity index (χ0n) is 32.2. The van der Waals surface area contributed by atoms with Crippen molar-refractivity contribution in [2.75, 3.05) is 4.90 Å². The van der Waals surface area contributed by atoms with Crippen molar-refractivity contribution in [3.05, 3.63) is 150 Å². The van der Waals surface area contributed by atoms with Crippen LogP contribution in [0.2, 0.25) is 0 Å². The quantitative estimate of drug-likeness (QED) is 0.167. The highest BCUT2D eigenvalue weighted by Gasteiger charge is 2.51. The van der Waals surface area contributed by atoms with E-state index >= 15 is 0 Å². The summed E-state index contributed by atoms with van der Waals surface area (Å²) in [4.78, 5) is 2.60. The number of benzene rings is 6. The summed E-state index contributed by atoms with van der Waals surface area (Å²) in [5.41, 5.74) is 15.3.